The Hall–Kier alpha value is -3.79. The molecule has 10 heteroatoms. The highest BCUT2D eigenvalue weighted by molar-refractivity contribution is 7.92. The predicted octanol–water partition coefficient (Wildman–Crippen LogP) is 2.32. The summed E-state index contributed by atoms with van der Waals surface area (Å²) >= 11 is 0. The van der Waals surface area contributed by atoms with Gasteiger partial charge in [-0.1, -0.05) is 18.2 Å². The number of anilines is 2. The number of rotatable bonds is 6. The van der Waals surface area contributed by atoms with Crippen LogP contribution < -0.4 is 25.1 Å². The SMILES string of the molecule is Cc1ccc(NS(=O)(=O)c2ccccc2)c(=O)n1CC(=O)Nc1ccc2c(c1)OCO2. The molecule has 0 spiro atoms. The van der Waals surface area contributed by atoms with Crippen molar-refractivity contribution in [3.63, 3.8) is 0 Å². The number of pyridine rings is 1. The zero-order chi connectivity index (χ0) is 22.0. The van der Waals surface area contributed by atoms with E-state index in [2.05, 4.69) is 10.0 Å². The van der Waals surface area contributed by atoms with E-state index in [1.54, 1.807) is 49.4 Å². The van der Waals surface area contributed by atoms with E-state index in [0.29, 0.717) is 22.9 Å². The van der Waals surface area contributed by atoms with E-state index >= 15 is 0 Å². The topological polar surface area (TPSA) is 116 Å². The molecule has 3 aromatic rings. The van der Waals surface area contributed by atoms with Crippen molar-refractivity contribution in [2.75, 3.05) is 16.8 Å². The van der Waals surface area contributed by atoms with Crippen LogP contribution in [0.1, 0.15) is 5.69 Å². The quantitative estimate of drug-likeness (QED) is 0.607. The number of aryl methyl sites for hydroxylation is 1. The molecule has 1 aromatic heterocycles. The second-order valence-electron chi connectivity index (χ2n) is 6.81. The molecule has 1 amide bonds. The minimum Gasteiger partial charge on any atom is -0.454 e. The van der Waals surface area contributed by atoms with Crippen LogP contribution in [0.3, 0.4) is 0 Å². The van der Waals surface area contributed by atoms with Crippen LogP contribution in [0.2, 0.25) is 0 Å². The molecule has 1 aliphatic rings. The molecule has 0 unspecified atom stereocenters. The van der Waals surface area contributed by atoms with Crippen molar-refractivity contribution in [2.24, 2.45) is 0 Å². The van der Waals surface area contributed by atoms with Crippen LogP contribution in [0.15, 0.2) is 70.4 Å². The minimum absolute atomic E-state index is 0.0297. The standard InChI is InChI=1S/C21H19N3O6S/c1-14-7-9-17(23-31(27,28)16-5-3-2-4-6-16)21(26)24(14)12-20(25)22-15-8-10-18-19(11-15)30-13-29-18/h2-11,23H,12-13H2,1H3,(H,22,25). The molecule has 160 valence electrons. The Bertz CT molecular complexity index is 1300. The Morgan fingerprint density at radius 1 is 1.03 bits per heavy atom. The minimum atomic E-state index is -3.94. The second kappa shape index (κ2) is 8.15. The number of ether oxygens (including phenoxy) is 2. The van der Waals surface area contributed by atoms with Crippen LogP contribution >= 0.6 is 0 Å². The summed E-state index contributed by atoms with van der Waals surface area (Å²) in [7, 11) is -3.94. The molecule has 9 nitrogen and oxygen atoms in total. The van der Waals surface area contributed by atoms with Gasteiger partial charge in [0.1, 0.15) is 12.2 Å². The smallest absolute Gasteiger partial charge is 0.275 e. The summed E-state index contributed by atoms with van der Waals surface area (Å²) in [6.07, 6.45) is 0. The van der Waals surface area contributed by atoms with Gasteiger partial charge in [-0.25, -0.2) is 8.42 Å². The summed E-state index contributed by atoms with van der Waals surface area (Å²) in [5.41, 5.74) is 0.222. The fourth-order valence-electron chi connectivity index (χ4n) is 3.07. The van der Waals surface area contributed by atoms with Gasteiger partial charge in [0.25, 0.3) is 15.6 Å². The summed E-state index contributed by atoms with van der Waals surface area (Å²) < 4.78 is 39.1. The molecule has 0 atom stereocenters. The largest absolute Gasteiger partial charge is 0.454 e. The van der Waals surface area contributed by atoms with Gasteiger partial charge in [0.05, 0.1) is 4.90 Å². The highest BCUT2D eigenvalue weighted by atomic mass is 32.2. The molecule has 4 rings (SSSR count). The van der Waals surface area contributed by atoms with E-state index in [9.17, 15) is 18.0 Å². The van der Waals surface area contributed by atoms with Crippen LogP contribution in [0.4, 0.5) is 11.4 Å². The molecule has 0 aliphatic carbocycles. The lowest BCUT2D eigenvalue weighted by Gasteiger charge is -2.14. The van der Waals surface area contributed by atoms with Crippen LogP contribution in [-0.4, -0.2) is 25.7 Å². The van der Waals surface area contributed by atoms with Crippen molar-refractivity contribution in [3.8, 4) is 11.5 Å². The van der Waals surface area contributed by atoms with E-state index in [-0.39, 0.29) is 23.9 Å². The number of benzene rings is 2. The number of aromatic nitrogens is 1. The van der Waals surface area contributed by atoms with Gasteiger partial charge in [0.2, 0.25) is 12.7 Å². The van der Waals surface area contributed by atoms with Crippen molar-refractivity contribution in [1.82, 2.24) is 4.57 Å². The third kappa shape index (κ3) is 4.38. The van der Waals surface area contributed by atoms with Crippen molar-refractivity contribution >= 4 is 27.3 Å². The zero-order valence-electron chi connectivity index (χ0n) is 16.5. The van der Waals surface area contributed by atoms with Crippen molar-refractivity contribution < 1.29 is 22.7 Å². The van der Waals surface area contributed by atoms with Crippen molar-refractivity contribution in [2.45, 2.75) is 18.4 Å². The Morgan fingerprint density at radius 3 is 2.55 bits per heavy atom. The first kappa shape index (κ1) is 20.5. The van der Waals surface area contributed by atoms with E-state index < -0.39 is 21.5 Å². The maximum absolute atomic E-state index is 12.9. The van der Waals surface area contributed by atoms with Gasteiger partial charge >= 0.3 is 0 Å². The molecule has 2 heterocycles. The number of nitrogens with zero attached hydrogens (tertiary/aromatic N) is 1. The van der Waals surface area contributed by atoms with Gasteiger partial charge in [-0.3, -0.25) is 14.3 Å². The highest BCUT2D eigenvalue weighted by Crippen LogP contribution is 2.34. The van der Waals surface area contributed by atoms with Crippen LogP contribution in [0, 0.1) is 6.92 Å². The number of sulfonamides is 1. The Balaban J connectivity index is 1.54. The lowest BCUT2D eigenvalue weighted by molar-refractivity contribution is -0.116. The van der Waals surface area contributed by atoms with Crippen molar-refractivity contribution in [3.05, 3.63) is 76.7 Å². The second-order valence-corrected chi connectivity index (χ2v) is 8.50. The number of carbonyl (C=O) groups is 1. The van der Waals surface area contributed by atoms with Gasteiger partial charge in [-0.15, -0.1) is 0 Å². The third-order valence-electron chi connectivity index (χ3n) is 4.65. The number of amides is 1. The molecule has 0 saturated carbocycles. The molecule has 31 heavy (non-hydrogen) atoms. The highest BCUT2D eigenvalue weighted by Gasteiger charge is 2.18. The van der Waals surface area contributed by atoms with Crippen LogP contribution in [0.25, 0.3) is 0 Å². The maximum atomic E-state index is 12.9. The lowest BCUT2D eigenvalue weighted by Crippen LogP contribution is -2.31. The summed E-state index contributed by atoms with van der Waals surface area (Å²) in [6.45, 7) is 1.48. The molecular formula is C21H19N3O6S. The molecular weight excluding hydrogens is 422 g/mol. The number of hydrogen-bond acceptors (Lipinski definition) is 6. The van der Waals surface area contributed by atoms with Crippen LogP contribution in [-0.2, 0) is 21.4 Å². The molecule has 0 radical (unpaired) electrons. The first-order valence-electron chi connectivity index (χ1n) is 9.31. The summed E-state index contributed by atoms with van der Waals surface area (Å²) in [4.78, 5) is 25.4. The molecule has 0 bridgehead atoms. The Kier molecular flexibility index (Phi) is 5.38. The normalized spacial score (nSPS) is 12.4. The van der Waals surface area contributed by atoms with Crippen LogP contribution in [0.5, 0.6) is 11.5 Å². The van der Waals surface area contributed by atoms with Gasteiger partial charge in [-0.05, 0) is 43.3 Å². The third-order valence-corrected chi connectivity index (χ3v) is 6.03. The summed E-state index contributed by atoms with van der Waals surface area (Å²) in [5.74, 6) is 0.652. The van der Waals surface area contributed by atoms with Gasteiger partial charge < -0.3 is 19.4 Å². The maximum Gasteiger partial charge on any atom is 0.275 e. The van der Waals surface area contributed by atoms with Gasteiger partial charge in [-0.2, -0.15) is 0 Å². The first-order valence-corrected chi connectivity index (χ1v) is 10.8. The first-order chi connectivity index (χ1) is 14.8. The summed E-state index contributed by atoms with van der Waals surface area (Å²) in [5, 5.41) is 2.70. The van der Waals surface area contributed by atoms with Crippen molar-refractivity contribution in [1.29, 1.82) is 0 Å². The van der Waals surface area contributed by atoms with E-state index in [1.165, 1.54) is 22.8 Å². The molecule has 0 fully saturated rings. The Morgan fingerprint density at radius 2 is 1.77 bits per heavy atom. The molecule has 0 saturated heterocycles. The van der Waals surface area contributed by atoms with Gasteiger partial charge in [0, 0.05) is 17.4 Å². The number of fused-ring (bicyclic) bond motifs is 1. The average molecular weight is 441 g/mol. The fraction of sp³-hybridized carbons (Fsp3) is 0.143. The Labute approximate surface area is 178 Å². The zero-order valence-corrected chi connectivity index (χ0v) is 17.3. The summed E-state index contributed by atoms with van der Waals surface area (Å²) in [6, 6.07) is 15.6. The average Bonchev–Trinajstić information content (AvgIpc) is 3.22. The van der Waals surface area contributed by atoms with Gasteiger partial charge in [0.15, 0.2) is 11.5 Å². The number of carbonyl (C=O) groups excluding carboxylic acids is 1. The van der Waals surface area contributed by atoms with E-state index in [1.807, 2.05) is 0 Å². The fourth-order valence-corrected chi connectivity index (χ4v) is 4.14. The molecule has 2 N–H and O–H groups in total. The monoisotopic (exact) mass is 441 g/mol. The number of nitrogens with one attached hydrogen (secondary N) is 2. The predicted molar refractivity (Wildman–Crippen MR) is 114 cm³/mol. The number of hydrogen-bond donors (Lipinski definition) is 2. The lowest BCUT2D eigenvalue weighted by atomic mass is 10.2. The van der Waals surface area contributed by atoms with E-state index in [4.69, 9.17) is 9.47 Å². The molecule has 2 aromatic carbocycles. The molecule has 1 aliphatic heterocycles. The van der Waals surface area contributed by atoms with E-state index in [0.717, 1.165) is 0 Å².